The fraction of sp³-hybridized carbons (Fsp3) is 0.500. The number of aromatic nitrogens is 4. The molecule has 15 heavy (non-hydrogen) atoms. The van der Waals surface area contributed by atoms with Gasteiger partial charge in [0.15, 0.2) is 5.82 Å². The lowest BCUT2D eigenvalue weighted by atomic mass is 10.1. The van der Waals surface area contributed by atoms with E-state index in [-0.39, 0.29) is 0 Å². The molecule has 0 unspecified atom stereocenters. The van der Waals surface area contributed by atoms with Gasteiger partial charge in [-0.2, -0.15) is 5.10 Å². The lowest BCUT2D eigenvalue weighted by molar-refractivity contribution is 0.681. The summed E-state index contributed by atoms with van der Waals surface area (Å²) in [7, 11) is 0. The molecule has 1 saturated carbocycles. The first-order chi connectivity index (χ1) is 7.34. The number of nitrogens with two attached hydrogens (primary N) is 1. The highest BCUT2D eigenvalue weighted by atomic mass is 15.1. The Morgan fingerprint density at radius 1 is 1.33 bits per heavy atom. The highest BCUT2D eigenvalue weighted by molar-refractivity contribution is 5.83. The van der Waals surface area contributed by atoms with Gasteiger partial charge in [-0.1, -0.05) is 12.8 Å². The van der Waals surface area contributed by atoms with E-state index in [9.17, 15) is 0 Å². The summed E-state index contributed by atoms with van der Waals surface area (Å²) < 4.78 is 0. The van der Waals surface area contributed by atoms with Crippen molar-refractivity contribution in [2.75, 3.05) is 5.73 Å². The monoisotopic (exact) mass is 203 g/mol. The predicted octanol–water partition coefficient (Wildman–Crippen LogP) is 1.59. The molecule has 0 aliphatic heterocycles. The van der Waals surface area contributed by atoms with Crippen LogP contribution < -0.4 is 5.73 Å². The number of nitrogen functional groups attached to an aromatic ring is 1. The summed E-state index contributed by atoms with van der Waals surface area (Å²) in [6, 6.07) is 0. The van der Waals surface area contributed by atoms with Crippen LogP contribution in [0.3, 0.4) is 0 Å². The van der Waals surface area contributed by atoms with Crippen molar-refractivity contribution in [3.8, 4) is 0 Å². The number of hydrogen-bond donors (Lipinski definition) is 2. The highest BCUT2D eigenvalue weighted by Gasteiger charge is 2.20. The Balaban J connectivity index is 2.09. The van der Waals surface area contributed by atoms with E-state index >= 15 is 0 Å². The second-order valence-corrected chi connectivity index (χ2v) is 4.10. The zero-order valence-electron chi connectivity index (χ0n) is 8.40. The van der Waals surface area contributed by atoms with Crippen LogP contribution in [0.2, 0.25) is 0 Å². The SMILES string of the molecule is Nc1nncc2[nH]c(C3CCCC3)nc12. The first kappa shape index (κ1) is 8.64. The molecule has 0 radical (unpaired) electrons. The molecule has 0 saturated heterocycles. The fourth-order valence-electron chi connectivity index (χ4n) is 2.28. The summed E-state index contributed by atoms with van der Waals surface area (Å²) in [4.78, 5) is 7.80. The number of H-pyrrole nitrogens is 1. The van der Waals surface area contributed by atoms with Crippen molar-refractivity contribution in [2.45, 2.75) is 31.6 Å². The lowest BCUT2D eigenvalue weighted by Crippen LogP contribution is -1.95. The van der Waals surface area contributed by atoms with Crippen LogP contribution in [0.15, 0.2) is 6.20 Å². The van der Waals surface area contributed by atoms with Crippen LogP contribution in [0.4, 0.5) is 5.82 Å². The van der Waals surface area contributed by atoms with Gasteiger partial charge >= 0.3 is 0 Å². The minimum Gasteiger partial charge on any atom is -0.380 e. The van der Waals surface area contributed by atoms with Crippen molar-refractivity contribution in [3.05, 3.63) is 12.0 Å². The third kappa shape index (κ3) is 1.35. The zero-order chi connectivity index (χ0) is 10.3. The highest BCUT2D eigenvalue weighted by Crippen LogP contribution is 2.33. The second-order valence-electron chi connectivity index (χ2n) is 4.10. The summed E-state index contributed by atoms with van der Waals surface area (Å²) in [5.41, 5.74) is 7.36. The molecule has 5 nitrogen and oxygen atoms in total. The van der Waals surface area contributed by atoms with Gasteiger partial charge in [0.2, 0.25) is 0 Å². The Hall–Kier alpha value is -1.65. The molecule has 2 aromatic rings. The van der Waals surface area contributed by atoms with Crippen molar-refractivity contribution in [2.24, 2.45) is 0 Å². The third-order valence-corrected chi connectivity index (χ3v) is 3.09. The van der Waals surface area contributed by atoms with Crippen molar-refractivity contribution in [1.82, 2.24) is 20.2 Å². The lowest BCUT2D eigenvalue weighted by Gasteiger charge is -2.02. The van der Waals surface area contributed by atoms with E-state index in [1.54, 1.807) is 6.20 Å². The minimum atomic E-state index is 0.410. The Morgan fingerprint density at radius 3 is 2.87 bits per heavy atom. The van der Waals surface area contributed by atoms with Gasteiger partial charge in [-0.05, 0) is 12.8 Å². The maximum Gasteiger partial charge on any atom is 0.174 e. The third-order valence-electron chi connectivity index (χ3n) is 3.09. The van der Waals surface area contributed by atoms with Gasteiger partial charge in [0.1, 0.15) is 11.3 Å². The van der Waals surface area contributed by atoms with E-state index in [1.807, 2.05) is 0 Å². The van der Waals surface area contributed by atoms with Gasteiger partial charge in [-0.15, -0.1) is 5.10 Å². The molecule has 0 amide bonds. The van der Waals surface area contributed by atoms with Gasteiger partial charge in [0.25, 0.3) is 0 Å². The summed E-state index contributed by atoms with van der Waals surface area (Å²) >= 11 is 0. The number of fused-ring (bicyclic) bond motifs is 1. The number of hydrogen-bond acceptors (Lipinski definition) is 4. The van der Waals surface area contributed by atoms with Gasteiger partial charge in [0, 0.05) is 5.92 Å². The van der Waals surface area contributed by atoms with E-state index in [2.05, 4.69) is 20.2 Å². The van der Waals surface area contributed by atoms with Crippen LogP contribution >= 0.6 is 0 Å². The molecule has 1 aliphatic rings. The largest absolute Gasteiger partial charge is 0.380 e. The van der Waals surface area contributed by atoms with Gasteiger partial charge in [0.05, 0.1) is 11.7 Å². The smallest absolute Gasteiger partial charge is 0.174 e. The predicted molar refractivity (Wildman–Crippen MR) is 57.3 cm³/mol. The molecule has 0 spiro atoms. The zero-order valence-corrected chi connectivity index (χ0v) is 8.40. The quantitative estimate of drug-likeness (QED) is 0.737. The fourth-order valence-corrected chi connectivity index (χ4v) is 2.28. The standard InChI is InChI=1S/C10H13N5/c11-9-8-7(5-12-15-9)13-10(14-8)6-3-1-2-4-6/h5-6H,1-4H2,(H2,11,15)(H,13,14). The average molecular weight is 203 g/mol. The number of nitrogens with one attached hydrogen (secondary N) is 1. The molecule has 3 rings (SSSR count). The molecule has 0 aromatic carbocycles. The molecule has 2 aromatic heterocycles. The first-order valence-corrected chi connectivity index (χ1v) is 5.31. The molecule has 0 atom stereocenters. The van der Waals surface area contributed by atoms with E-state index < -0.39 is 0 Å². The van der Waals surface area contributed by atoms with Gasteiger partial charge in [-0.3, -0.25) is 0 Å². The average Bonchev–Trinajstić information content (AvgIpc) is 2.86. The maximum absolute atomic E-state index is 5.71. The maximum atomic E-state index is 5.71. The number of nitrogens with zero attached hydrogens (tertiary/aromatic N) is 3. The minimum absolute atomic E-state index is 0.410. The van der Waals surface area contributed by atoms with Crippen molar-refractivity contribution >= 4 is 16.9 Å². The van der Waals surface area contributed by atoms with Crippen LogP contribution in [-0.2, 0) is 0 Å². The number of rotatable bonds is 1. The Kier molecular flexibility index (Phi) is 1.83. The molecule has 3 N–H and O–H groups in total. The molecule has 1 aliphatic carbocycles. The number of anilines is 1. The van der Waals surface area contributed by atoms with Crippen LogP contribution in [0, 0.1) is 0 Å². The van der Waals surface area contributed by atoms with Gasteiger partial charge < -0.3 is 10.7 Å². The topological polar surface area (TPSA) is 80.5 Å². The molecular weight excluding hydrogens is 190 g/mol. The van der Waals surface area contributed by atoms with Crippen LogP contribution in [-0.4, -0.2) is 20.2 Å². The molecule has 0 bridgehead atoms. The number of imidazole rings is 1. The molecule has 1 fully saturated rings. The molecule has 2 heterocycles. The molecular formula is C10H13N5. The van der Waals surface area contributed by atoms with E-state index in [1.165, 1.54) is 25.7 Å². The molecule has 78 valence electrons. The second kappa shape index (κ2) is 3.18. The van der Waals surface area contributed by atoms with Crippen LogP contribution in [0.5, 0.6) is 0 Å². The van der Waals surface area contributed by atoms with E-state index in [0.29, 0.717) is 11.7 Å². The molecule has 5 heteroatoms. The van der Waals surface area contributed by atoms with Crippen molar-refractivity contribution < 1.29 is 0 Å². The van der Waals surface area contributed by atoms with E-state index in [0.717, 1.165) is 16.9 Å². The van der Waals surface area contributed by atoms with Crippen molar-refractivity contribution in [3.63, 3.8) is 0 Å². The number of aromatic amines is 1. The van der Waals surface area contributed by atoms with Crippen molar-refractivity contribution in [1.29, 1.82) is 0 Å². The Bertz CT molecular complexity index is 484. The normalized spacial score (nSPS) is 17.6. The summed E-state index contributed by atoms with van der Waals surface area (Å²) in [6.45, 7) is 0. The Morgan fingerprint density at radius 2 is 2.13 bits per heavy atom. The summed E-state index contributed by atoms with van der Waals surface area (Å²) in [6.07, 6.45) is 6.72. The summed E-state index contributed by atoms with van der Waals surface area (Å²) in [5.74, 6) is 2.02. The first-order valence-electron chi connectivity index (χ1n) is 5.31. The van der Waals surface area contributed by atoms with Gasteiger partial charge in [-0.25, -0.2) is 4.98 Å². The summed E-state index contributed by atoms with van der Waals surface area (Å²) in [5, 5.41) is 7.60. The van der Waals surface area contributed by atoms with Crippen LogP contribution in [0.25, 0.3) is 11.0 Å². The van der Waals surface area contributed by atoms with E-state index in [4.69, 9.17) is 5.73 Å². The van der Waals surface area contributed by atoms with Crippen LogP contribution in [0.1, 0.15) is 37.4 Å². The Labute approximate surface area is 87.1 Å².